The van der Waals surface area contributed by atoms with E-state index in [2.05, 4.69) is 9.97 Å². The Bertz CT molecular complexity index is 571. The fourth-order valence-electron chi connectivity index (χ4n) is 1.60. The van der Waals surface area contributed by atoms with E-state index in [1.165, 1.54) is 6.07 Å². The third kappa shape index (κ3) is 3.28. The molecule has 0 unspecified atom stereocenters. The van der Waals surface area contributed by atoms with Crippen molar-refractivity contribution >= 4 is 23.2 Å². The van der Waals surface area contributed by atoms with Crippen LogP contribution in [0.5, 0.6) is 11.5 Å². The summed E-state index contributed by atoms with van der Waals surface area (Å²) in [6.45, 7) is 2.44. The zero-order chi connectivity index (χ0) is 13.8. The smallest absolute Gasteiger partial charge is 0.162 e. The fraction of sp³-hybridized carbons (Fsp3) is 0.231. The van der Waals surface area contributed by atoms with Crippen molar-refractivity contribution in [3.8, 4) is 22.9 Å². The van der Waals surface area contributed by atoms with Crippen LogP contribution < -0.4 is 9.47 Å². The van der Waals surface area contributed by atoms with Crippen LogP contribution in [0.25, 0.3) is 11.4 Å². The first-order valence-electron chi connectivity index (χ1n) is 5.65. The molecule has 0 aliphatic carbocycles. The highest BCUT2D eigenvalue weighted by molar-refractivity contribution is 6.33. The van der Waals surface area contributed by atoms with Crippen LogP contribution in [0.3, 0.4) is 0 Å². The number of hydrogen-bond donors (Lipinski definition) is 0. The van der Waals surface area contributed by atoms with Gasteiger partial charge in [0.1, 0.15) is 10.3 Å². The maximum absolute atomic E-state index is 5.87. The van der Waals surface area contributed by atoms with Crippen molar-refractivity contribution < 1.29 is 9.47 Å². The molecule has 0 aliphatic rings. The van der Waals surface area contributed by atoms with E-state index in [4.69, 9.17) is 32.7 Å². The lowest BCUT2D eigenvalue weighted by atomic mass is 10.2. The number of hydrogen-bond acceptors (Lipinski definition) is 4. The van der Waals surface area contributed by atoms with Crippen LogP contribution in [0.4, 0.5) is 0 Å². The van der Waals surface area contributed by atoms with Crippen molar-refractivity contribution in [3.63, 3.8) is 0 Å². The standard InChI is InChI=1S/C13H12Cl2N2O2/c1-3-19-10-6-8(4-5-9(10)18-2)13-16-11(14)7-12(15)17-13/h4-7H,3H2,1-2H3. The molecule has 0 radical (unpaired) electrons. The molecule has 2 aromatic rings. The van der Waals surface area contributed by atoms with Gasteiger partial charge >= 0.3 is 0 Å². The topological polar surface area (TPSA) is 44.2 Å². The lowest BCUT2D eigenvalue weighted by molar-refractivity contribution is 0.311. The molecule has 6 heteroatoms. The Kier molecular flexibility index (Phi) is 4.45. The van der Waals surface area contributed by atoms with Gasteiger partial charge in [0.15, 0.2) is 17.3 Å². The molecule has 19 heavy (non-hydrogen) atoms. The molecule has 0 spiro atoms. The van der Waals surface area contributed by atoms with Crippen LogP contribution in [0.1, 0.15) is 6.92 Å². The predicted molar refractivity (Wildman–Crippen MR) is 75.2 cm³/mol. The lowest BCUT2D eigenvalue weighted by Gasteiger charge is -2.10. The second kappa shape index (κ2) is 6.08. The molecule has 0 atom stereocenters. The molecule has 0 saturated heterocycles. The molecular weight excluding hydrogens is 287 g/mol. The molecule has 0 aliphatic heterocycles. The number of nitrogens with zero attached hydrogens (tertiary/aromatic N) is 2. The van der Waals surface area contributed by atoms with Gasteiger partial charge < -0.3 is 9.47 Å². The molecule has 0 saturated carbocycles. The minimum absolute atomic E-state index is 0.295. The number of halogens is 2. The largest absolute Gasteiger partial charge is 0.493 e. The summed E-state index contributed by atoms with van der Waals surface area (Å²) in [5.41, 5.74) is 0.758. The van der Waals surface area contributed by atoms with E-state index in [0.29, 0.717) is 34.2 Å². The molecule has 1 aromatic carbocycles. The van der Waals surface area contributed by atoms with Crippen LogP contribution >= 0.6 is 23.2 Å². The maximum atomic E-state index is 5.87. The average molecular weight is 299 g/mol. The minimum Gasteiger partial charge on any atom is -0.493 e. The quantitative estimate of drug-likeness (QED) is 0.804. The summed E-state index contributed by atoms with van der Waals surface area (Å²) in [7, 11) is 1.59. The van der Waals surface area contributed by atoms with Crippen molar-refractivity contribution in [2.24, 2.45) is 0 Å². The Balaban J connectivity index is 2.47. The third-order valence-corrected chi connectivity index (χ3v) is 2.77. The van der Waals surface area contributed by atoms with E-state index in [-0.39, 0.29) is 0 Å². The second-order valence-corrected chi connectivity index (χ2v) is 4.41. The van der Waals surface area contributed by atoms with Crippen LogP contribution in [0.15, 0.2) is 24.3 Å². The minimum atomic E-state index is 0.295. The Morgan fingerprint density at radius 2 is 1.74 bits per heavy atom. The Morgan fingerprint density at radius 1 is 1.05 bits per heavy atom. The van der Waals surface area contributed by atoms with Gasteiger partial charge in [-0.2, -0.15) is 0 Å². The van der Waals surface area contributed by atoms with Gasteiger partial charge in [0.2, 0.25) is 0 Å². The highest BCUT2D eigenvalue weighted by atomic mass is 35.5. The van der Waals surface area contributed by atoms with Gasteiger partial charge in [0, 0.05) is 11.6 Å². The van der Waals surface area contributed by atoms with Gasteiger partial charge in [0.05, 0.1) is 13.7 Å². The Labute approximate surface area is 121 Å². The zero-order valence-electron chi connectivity index (χ0n) is 10.5. The van der Waals surface area contributed by atoms with Gasteiger partial charge in [-0.05, 0) is 25.1 Å². The molecule has 2 rings (SSSR count). The second-order valence-electron chi connectivity index (χ2n) is 3.64. The maximum Gasteiger partial charge on any atom is 0.162 e. The zero-order valence-corrected chi connectivity index (χ0v) is 12.0. The van der Waals surface area contributed by atoms with Gasteiger partial charge in [-0.25, -0.2) is 9.97 Å². The predicted octanol–water partition coefficient (Wildman–Crippen LogP) is 3.86. The summed E-state index contributed by atoms with van der Waals surface area (Å²) in [5, 5.41) is 0.590. The van der Waals surface area contributed by atoms with Crippen LogP contribution in [-0.4, -0.2) is 23.7 Å². The van der Waals surface area contributed by atoms with E-state index < -0.39 is 0 Å². The molecule has 0 bridgehead atoms. The van der Waals surface area contributed by atoms with E-state index in [0.717, 1.165) is 5.56 Å². The summed E-state index contributed by atoms with van der Waals surface area (Å²) in [4.78, 5) is 8.27. The van der Waals surface area contributed by atoms with Crippen molar-refractivity contribution in [1.29, 1.82) is 0 Å². The highest BCUT2D eigenvalue weighted by Gasteiger charge is 2.10. The fourth-order valence-corrected chi connectivity index (χ4v) is 2.03. The Hall–Kier alpha value is -1.52. The van der Waals surface area contributed by atoms with E-state index in [1.807, 2.05) is 13.0 Å². The number of ether oxygens (including phenoxy) is 2. The lowest BCUT2D eigenvalue weighted by Crippen LogP contribution is -1.97. The molecule has 4 nitrogen and oxygen atoms in total. The highest BCUT2D eigenvalue weighted by Crippen LogP contribution is 2.32. The summed E-state index contributed by atoms with van der Waals surface area (Å²) in [5.74, 6) is 1.72. The monoisotopic (exact) mass is 298 g/mol. The number of benzene rings is 1. The van der Waals surface area contributed by atoms with Crippen LogP contribution in [-0.2, 0) is 0 Å². The van der Waals surface area contributed by atoms with E-state index >= 15 is 0 Å². The first-order chi connectivity index (χ1) is 9.13. The number of aromatic nitrogens is 2. The van der Waals surface area contributed by atoms with Crippen LogP contribution in [0.2, 0.25) is 10.3 Å². The molecule has 1 aromatic heterocycles. The number of rotatable bonds is 4. The summed E-state index contributed by atoms with van der Waals surface area (Å²) < 4.78 is 10.7. The molecule has 100 valence electrons. The SMILES string of the molecule is CCOc1cc(-c2nc(Cl)cc(Cl)n2)ccc1OC. The third-order valence-electron chi connectivity index (χ3n) is 2.39. The van der Waals surface area contributed by atoms with Gasteiger partial charge in [-0.15, -0.1) is 0 Å². The average Bonchev–Trinajstić information content (AvgIpc) is 2.38. The Morgan fingerprint density at radius 3 is 2.32 bits per heavy atom. The first kappa shape index (κ1) is 13.9. The molecule has 0 amide bonds. The van der Waals surface area contributed by atoms with Gasteiger partial charge in [-0.3, -0.25) is 0 Å². The van der Waals surface area contributed by atoms with E-state index in [9.17, 15) is 0 Å². The van der Waals surface area contributed by atoms with Crippen LogP contribution in [0, 0.1) is 0 Å². The number of methoxy groups -OCH3 is 1. The summed E-state index contributed by atoms with van der Waals surface area (Å²) in [6.07, 6.45) is 0. The normalized spacial score (nSPS) is 10.3. The van der Waals surface area contributed by atoms with Crippen molar-refractivity contribution in [1.82, 2.24) is 9.97 Å². The summed E-state index contributed by atoms with van der Waals surface area (Å²) >= 11 is 11.7. The molecule has 1 heterocycles. The molecule has 0 fully saturated rings. The first-order valence-corrected chi connectivity index (χ1v) is 6.41. The van der Waals surface area contributed by atoms with Crippen molar-refractivity contribution in [3.05, 3.63) is 34.6 Å². The molecule has 0 N–H and O–H groups in total. The van der Waals surface area contributed by atoms with Crippen molar-refractivity contribution in [2.45, 2.75) is 6.92 Å². The van der Waals surface area contributed by atoms with Gasteiger partial charge in [-0.1, -0.05) is 23.2 Å². The molecular formula is C13H12Cl2N2O2. The van der Waals surface area contributed by atoms with Crippen molar-refractivity contribution in [2.75, 3.05) is 13.7 Å². The van der Waals surface area contributed by atoms with E-state index in [1.54, 1.807) is 19.2 Å². The summed E-state index contributed by atoms with van der Waals surface area (Å²) in [6, 6.07) is 6.89. The van der Waals surface area contributed by atoms with Gasteiger partial charge in [0.25, 0.3) is 0 Å².